The molecule has 0 saturated heterocycles. The molecule has 2 aromatic heterocycles. The van der Waals surface area contributed by atoms with Crippen LogP contribution in [0.2, 0.25) is 0 Å². The van der Waals surface area contributed by atoms with E-state index in [0.717, 1.165) is 22.1 Å². The molecule has 2 heterocycles. The summed E-state index contributed by atoms with van der Waals surface area (Å²) in [5, 5.41) is 0. The number of nitrogens with one attached hydrogen (secondary N) is 1. The number of aromatic amines is 1. The van der Waals surface area contributed by atoms with Gasteiger partial charge in [0.25, 0.3) is 14.6 Å². The van der Waals surface area contributed by atoms with Gasteiger partial charge in [-0.2, -0.15) is 0 Å². The number of fused-ring (bicyclic) bond motifs is 1. The highest BCUT2D eigenvalue weighted by molar-refractivity contribution is 14.1. The summed E-state index contributed by atoms with van der Waals surface area (Å²) in [5.74, 6) is 0.652. The molecule has 0 aliphatic carbocycles. The molecule has 150 valence electrons. The third-order valence-electron chi connectivity index (χ3n) is 4.35. The summed E-state index contributed by atoms with van der Waals surface area (Å²) in [6, 6.07) is 4.24. The van der Waals surface area contributed by atoms with E-state index in [0.29, 0.717) is 29.0 Å². The van der Waals surface area contributed by atoms with Gasteiger partial charge in [-0.05, 0) is 54.1 Å². The molecule has 0 spiro atoms. The van der Waals surface area contributed by atoms with E-state index in [4.69, 9.17) is 15.4 Å². The molecule has 10 heteroatoms. The quantitative estimate of drug-likeness (QED) is 0.383. The van der Waals surface area contributed by atoms with Gasteiger partial charge in [-0.25, -0.2) is 13.4 Å². The van der Waals surface area contributed by atoms with Crippen molar-refractivity contribution in [1.82, 2.24) is 14.5 Å². The fraction of sp³-hybridized carbons (Fsp3) is 0.333. The van der Waals surface area contributed by atoms with Gasteiger partial charge in [0.05, 0.1) is 20.8 Å². The van der Waals surface area contributed by atoms with E-state index in [1.54, 1.807) is 0 Å². The average molecular weight is 536 g/mol. The van der Waals surface area contributed by atoms with Crippen LogP contribution in [0.4, 0.5) is 0 Å². The Morgan fingerprint density at radius 1 is 1.32 bits per heavy atom. The van der Waals surface area contributed by atoms with E-state index in [1.807, 2.05) is 18.5 Å². The molecular weight excluding hydrogens is 517 g/mol. The van der Waals surface area contributed by atoms with Crippen LogP contribution in [0.5, 0.6) is 5.75 Å². The lowest BCUT2D eigenvalue weighted by atomic mass is 10.1. The van der Waals surface area contributed by atoms with E-state index < -0.39 is 9.05 Å². The van der Waals surface area contributed by atoms with Gasteiger partial charge in [-0.3, -0.25) is 4.79 Å². The minimum absolute atomic E-state index is 0.0909. The maximum atomic E-state index is 12.8. The van der Waals surface area contributed by atoms with Crippen LogP contribution < -0.4 is 10.3 Å². The van der Waals surface area contributed by atoms with Crippen LogP contribution in [0, 0.1) is 3.70 Å². The Bertz CT molecular complexity index is 1220. The Balaban J connectivity index is 2.35. The first kappa shape index (κ1) is 21.1. The van der Waals surface area contributed by atoms with Crippen LogP contribution in [0.1, 0.15) is 25.8 Å². The van der Waals surface area contributed by atoms with Crippen LogP contribution in [-0.4, -0.2) is 29.6 Å². The van der Waals surface area contributed by atoms with Gasteiger partial charge in [-0.15, -0.1) is 0 Å². The van der Waals surface area contributed by atoms with Gasteiger partial charge < -0.3 is 14.3 Å². The summed E-state index contributed by atoms with van der Waals surface area (Å²) < 4.78 is 31.9. The zero-order valence-corrected chi connectivity index (χ0v) is 19.3. The molecule has 3 rings (SSSR count). The standard InChI is InChI=1S/C18H19ClIN3O4S/c1-4-6-11-14-15(23(3)16(11)20)18(24)22-17(21-14)12-9-10(28(19,25)26)7-8-13(12)27-5-2/h7-9H,4-6H2,1-3H3,(H,21,22,24). The first-order chi connectivity index (χ1) is 13.2. The highest BCUT2D eigenvalue weighted by Crippen LogP contribution is 2.33. The molecule has 0 radical (unpaired) electrons. The minimum Gasteiger partial charge on any atom is -0.493 e. The predicted molar refractivity (Wildman–Crippen MR) is 118 cm³/mol. The van der Waals surface area contributed by atoms with Crippen molar-refractivity contribution in [2.24, 2.45) is 7.05 Å². The first-order valence-corrected chi connectivity index (χ1v) is 12.1. The summed E-state index contributed by atoms with van der Waals surface area (Å²) in [4.78, 5) is 20.2. The van der Waals surface area contributed by atoms with Gasteiger partial charge in [0.1, 0.15) is 22.6 Å². The van der Waals surface area contributed by atoms with Crippen LogP contribution in [-0.2, 0) is 22.5 Å². The van der Waals surface area contributed by atoms with E-state index in [-0.39, 0.29) is 16.3 Å². The van der Waals surface area contributed by atoms with Crippen molar-refractivity contribution in [3.63, 3.8) is 0 Å². The first-order valence-electron chi connectivity index (χ1n) is 8.68. The second-order valence-corrected chi connectivity index (χ2v) is 9.81. The van der Waals surface area contributed by atoms with E-state index in [2.05, 4.69) is 39.5 Å². The third kappa shape index (κ3) is 3.79. The maximum absolute atomic E-state index is 12.8. The van der Waals surface area contributed by atoms with E-state index in [1.165, 1.54) is 18.2 Å². The van der Waals surface area contributed by atoms with Crippen molar-refractivity contribution < 1.29 is 13.2 Å². The number of H-pyrrole nitrogens is 1. The number of aryl methyl sites for hydroxylation is 2. The molecule has 0 aliphatic heterocycles. The minimum atomic E-state index is -3.95. The smallest absolute Gasteiger partial charge is 0.275 e. The maximum Gasteiger partial charge on any atom is 0.275 e. The van der Waals surface area contributed by atoms with Crippen molar-refractivity contribution in [1.29, 1.82) is 0 Å². The monoisotopic (exact) mass is 535 g/mol. The lowest BCUT2D eigenvalue weighted by molar-refractivity contribution is 0.341. The molecule has 0 saturated carbocycles. The Labute approximate surface area is 180 Å². The Morgan fingerprint density at radius 3 is 2.64 bits per heavy atom. The fourth-order valence-electron chi connectivity index (χ4n) is 3.11. The Hall–Kier alpha value is -1.59. The lowest BCUT2D eigenvalue weighted by Crippen LogP contribution is -2.13. The summed E-state index contributed by atoms with van der Waals surface area (Å²) in [7, 11) is 3.38. The van der Waals surface area contributed by atoms with Gasteiger partial charge in [0, 0.05) is 23.3 Å². The molecule has 0 unspecified atom stereocenters. The largest absolute Gasteiger partial charge is 0.493 e. The fourth-order valence-corrected chi connectivity index (χ4v) is 4.66. The number of aromatic nitrogens is 3. The number of hydrogen-bond donors (Lipinski definition) is 1. The molecule has 0 bridgehead atoms. The van der Waals surface area contributed by atoms with Gasteiger partial charge in [0.2, 0.25) is 0 Å². The number of nitrogens with zero attached hydrogens (tertiary/aromatic N) is 2. The van der Waals surface area contributed by atoms with Crippen molar-refractivity contribution in [3.05, 3.63) is 37.8 Å². The molecule has 0 aliphatic rings. The Kier molecular flexibility index (Phi) is 6.06. The van der Waals surface area contributed by atoms with Crippen LogP contribution in [0.3, 0.4) is 0 Å². The molecule has 1 N–H and O–H groups in total. The topological polar surface area (TPSA) is 94.1 Å². The second kappa shape index (κ2) is 8.03. The molecule has 1 aromatic carbocycles. The summed E-state index contributed by atoms with van der Waals surface area (Å²) >= 11 is 2.21. The van der Waals surface area contributed by atoms with E-state index in [9.17, 15) is 13.2 Å². The Morgan fingerprint density at radius 2 is 2.04 bits per heavy atom. The van der Waals surface area contributed by atoms with E-state index >= 15 is 0 Å². The summed E-state index contributed by atoms with van der Waals surface area (Å²) in [5.41, 5.74) is 2.14. The predicted octanol–water partition coefficient (Wildman–Crippen LogP) is 3.81. The van der Waals surface area contributed by atoms with Gasteiger partial charge in [-0.1, -0.05) is 13.3 Å². The summed E-state index contributed by atoms with van der Waals surface area (Å²) in [6.45, 7) is 4.25. The van der Waals surface area contributed by atoms with Gasteiger partial charge >= 0.3 is 0 Å². The third-order valence-corrected chi connectivity index (χ3v) is 7.07. The average Bonchev–Trinajstić information content (AvgIpc) is 2.87. The molecule has 28 heavy (non-hydrogen) atoms. The van der Waals surface area contributed by atoms with Crippen LogP contribution in [0.15, 0.2) is 27.9 Å². The number of rotatable bonds is 6. The number of hydrogen-bond acceptors (Lipinski definition) is 5. The van der Waals surface area contributed by atoms with Crippen molar-refractivity contribution in [3.8, 4) is 17.1 Å². The van der Waals surface area contributed by atoms with Crippen molar-refractivity contribution in [2.45, 2.75) is 31.6 Å². The molecular formula is C18H19ClIN3O4S. The molecule has 3 aromatic rings. The lowest BCUT2D eigenvalue weighted by Gasteiger charge is -2.11. The normalized spacial score (nSPS) is 11.9. The van der Waals surface area contributed by atoms with Gasteiger partial charge in [0.15, 0.2) is 0 Å². The number of benzene rings is 1. The highest BCUT2D eigenvalue weighted by Gasteiger charge is 2.21. The summed E-state index contributed by atoms with van der Waals surface area (Å²) in [6.07, 6.45) is 1.68. The van der Waals surface area contributed by atoms with Crippen LogP contribution >= 0.6 is 33.3 Å². The van der Waals surface area contributed by atoms with Crippen molar-refractivity contribution in [2.75, 3.05) is 6.61 Å². The van der Waals surface area contributed by atoms with Crippen molar-refractivity contribution >= 4 is 53.4 Å². The number of ether oxygens (including phenoxy) is 1. The molecule has 0 amide bonds. The van der Waals surface area contributed by atoms with Crippen LogP contribution in [0.25, 0.3) is 22.4 Å². The SMILES string of the molecule is CCCc1c(I)n(C)c2c(=O)[nH]c(-c3cc(S(=O)(=O)Cl)ccc3OCC)nc12. The molecule has 7 nitrogen and oxygen atoms in total. The zero-order chi connectivity index (χ0) is 20.6. The molecule has 0 fully saturated rings. The zero-order valence-electron chi connectivity index (χ0n) is 15.5. The highest BCUT2D eigenvalue weighted by atomic mass is 127. The number of halogens is 2. The second-order valence-electron chi connectivity index (χ2n) is 6.22. The molecule has 0 atom stereocenters.